The van der Waals surface area contributed by atoms with Crippen LogP contribution in [0.1, 0.15) is 115 Å². The van der Waals surface area contributed by atoms with Gasteiger partial charge in [0.25, 0.3) is 0 Å². The minimum absolute atomic E-state index is 0.829. The molecule has 172 valence electrons. The van der Waals surface area contributed by atoms with Crippen LogP contribution in [0, 0.1) is 5.92 Å². The minimum atomic E-state index is 0.829. The molecule has 2 aromatic rings. The van der Waals surface area contributed by atoms with Gasteiger partial charge < -0.3 is 0 Å². The van der Waals surface area contributed by atoms with Crippen LogP contribution in [0.15, 0.2) is 36.7 Å². The van der Waals surface area contributed by atoms with E-state index < -0.39 is 0 Å². The van der Waals surface area contributed by atoms with Crippen molar-refractivity contribution in [3.8, 4) is 11.4 Å². The van der Waals surface area contributed by atoms with Gasteiger partial charge in [0.1, 0.15) is 0 Å². The average molecular weight is 423 g/mol. The van der Waals surface area contributed by atoms with Crippen LogP contribution in [0.5, 0.6) is 0 Å². The second kappa shape index (κ2) is 16.0. The topological polar surface area (TPSA) is 25.8 Å². The van der Waals surface area contributed by atoms with Crippen molar-refractivity contribution in [1.82, 2.24) is 9.97 Å². The Labute approximate surface area is 192 Å². The third-order valence-corrected chi connectivity index (χ3v) is 6.23. The van der Waals surface area contributed by atoms with Gasteiger partial charge in [0.2, 0.25) is 0 Å². The van der Waals surface area contributed by atoms with Crippen molar-refractivity contribution in [2.24, 2.45) is 5.92 Å². The van der Waals surface area contributed by atoms with E-state index in [0.29, 0.717) is 0 Å². The number of aromatic nitrogens is 2. The lowest BCUT2D eigenvalue weighted by Crippen LogP contribution is -1.94. The van der Waals surface area contributed by atoms with Gasteiger partial charge in [-0.2, -0.15) is 0 Å². The average Bonchev–Trinajstić information content (AvgIpc) is 2.78. The Bertz CT molecular complexity index is 673. The molecule has 0 spiro atoms. The number of hydrogen-bond donors (Lipinski definition) is 0. The Morgan fingerprint density at radius 1 is 0.613 bits per heavy atom. The predicted octanol–water partition coefficient (Wildman–Crippen LogP) is 8.98. The van der Waals surface area contributed by atoms with Crippen molar-refractivity contribution < 1.29 is 0 Å². The zero-order valence-electron chi connectivity index (χ0n) is 20.5. The van der Waals surface area contributed by atoms with E-state index in [4.69, 9.17) is 0 Å². The molecule has 2 heteroatoms. The molecule has 0 fully saturated rings. The van der Waals surface area contributed by atoms with E-state index in [0.717, 1.165) is 23.7 Å². The van der Waals surface area contributed by atoms with Crippen molar-refractivity contribution in [2.45, 2.75) is 117 Å². The maximum atomic E-state index is 4.63. The summed E-state index contributed by atoms with van der Waals surface area (Å²) < 4.78 is 0. The number of benzene rings is 1. The summed E-state index contributed by atoms with van der Waals surface area (Å²) in [6.07, 6.45) is 24.0. The molecule has 0 N–H and O–H groups in total. The second-order valence-electron chi connectivity index (χ2n) is 9.68. The fourth-order valence-electron chi connectivity index (χ4n) is 4.15. The third kappa shape index (κ3) is 11.5. The molecule has 0 radical (unpaired) electrons. The molecule has 0 aliphatic heterocycles. The van der Waals surface area contributed by atoms with Gasteiger partial charge in [0.05, 0.1) is 0 Å². The fourth-order valence-corrected chi connectivity index (χ4v) is 4.15. The second-order valence-corrected chi connectivity index (χ2v) is 9.68. The van der Waals surface area contributed by atoms with Gasteiger partial charge in [0, 0.05) is 18.0 Å². The molecule has 1 aromatic carbocycles. The van der Waals surface area contributed by atoms with Crippen LogP contribution >= 0.6 is 0 Å². The van der Waals surface area contributed by atoms with E-state index in [9.17, 15) is 0 Å². The summed E-state index contributed by atoms with van der Waals surface area (Å²) in [6, 6.07) is 8.85. The number of rotatable bonds is 17. The molecular weight excluding hydrogens is 376 g/mol. The standard InChI is InChI=1S/C29H46N2/c1-4-5-6-7-8-9-10-11-14-18-27-23-30-29(31-24-27)28-21-19-26(20-22-28)17-15-12-13-16-25(2)3/h19-25H,4-18H2,1-3H3. The molecular formula is C29H46N2. The highest BCUT2D eigenvalue weighted by Gasteiger charge is 2.03. The lowest BCUT2D eigenvalue weighted by atomic mass is 10.0. The van der Waals surface area contributed by atoms with Gasteiger partial charge in [-0.25, -0.2) is 9.97 Å². The Hall–Kier alpha value is -1.70. The van der Waals surface area contributed by atoms with Gasteiger partial charge in [-0.05, 0) is 42.7 Å². The largest absolute Gasteiger partial charge is 0.236 e. The highest BCUT2D eigenvalue weighted by Crippen LogP contribution is 2.18. The van der Waals surface area contributed by atoms with Crippen LogP contribution in [0.2, 0.25) is 0 Å². The molecule has 0 aliphatic rings. The first-order chi connectivity index (χ1) is 15.2. The predicted molar refractivity (Wildman–Crippen MR) is 135 cm³/mol. The van der Waals surface area contributed by atoms with Gasteiger partial charge in [-0.15, -0.1) is 0 Å². The molecule has 1 aromatic heterocycles. The maximum absolute atomic E-state index is 4.63. The summed E-state index contributed by atoms with van der Waals surface area (Å²) in [5.74, 6) is 1.68. The lowest BCUT2D eigenvalue weighted by Gasteiger charge is -2.06. The first-order valence-electron chi connectivity index (χ1n) is 13.1. The van der Waals surface area contributed by atoms with Crippen molar-refractivity contribution in [2.75, 3.05) is 0 Å². The van der Waals surface area contributed by atoms with Crippen LogP contribution in [-0.4, -0.2) is 9.97 Å². The fraction of sp³-hybridized carbons (Fsp3) is 0.655. The molecule has 0 aliphatic carbocycles. The van der Waals surface area contributed by atoms with E-state index >= 15 is 0 Å². The highest BCUT2D eigenvalue weighted by atomic mass is 14.9. The Balaban J connectivity index is 1.63. The first-order valence-corrected chi connectivity index (χ1v) is 13.1. The van der Waals surface area contributed by atoms with Crippen LogP contribution in [0.25, 0.3) is 11.4 Å². The molecule has 2 nitrogen and oxygen atoms in total. The first kappa shape index (κ1) is 25.6. The molecule has 1 heterocycles. The highest BCUT2D eigenvalue weighted by molar-refractivity contribution is 5.55. The van der Waals surface area contributed by atoms with Crippen molar-refractivity contribution in [1.29, 1.82) is 0 Å². The van der Waals surface area contributed by atoms with Crippen molar-refractivity contribution in [3.05, 3.63) is 47.8 Å². The van der Waals surface area contributed by atoms with E-state index in [1.807, 2.05) is 12.4 Å². The molecule has 0 bridgehead atoms. The quantitative estimate of drug-likeness (QED) is 0.238. The van der Waals surface area contributed by atoms with Crippen LogP contribution in [-0.2, 0) is 12.8 Å². The summed E-state index contributed by atoms with van der Waals surface area (Å²) in [4.78, 5) is 9.25. The zero-order chi connectivity index (χ0) is 22.2. The lowest BCUT2D eigenvalue weighted by molar-refractivity contribution is 0.527. The number of aryl methyl sites for hydroxylation is 2. The maximum Gasteiger partial charge on any atom is 0.159 e. The van der Waals surface area contributed by atoms with Crippen LogP contribution in [0.4, 0.5) is 0 Å². The van der Waals surface area contributed by atoms with Gasteiger partial charge >= 0.3 is 0 Å². The molecule has 31 heavy (non-hydrogen) atoms. The normalized spacial score (nSPS) is 11.4. The zero-order valence-corrected chi connectivity index (χ0v) is 20.5. The van der Waals surface area contributed by atoms with Crippen LogP contribution < -0.4 is 0 Å². The van der Waals surface area contributed by atoms with Gasteiger partial charge in [-0.1, -0.05) is 116 Å². The van der Waals surface area contributed by atoms with E-state index in [1.165, 1.54) is 101 Å². The summed E-state index contributed by atoms with van der Waals surface area (Å²) in [5, 5.41) is 0. The van der Waals surface area contributed by atoms with E-state index in [-0.39, 0.29) is 0 Å². The van der Waals surface area contributed by atoms with Gasteiger partial charge in [-0.3, -0.25) is 0 Å². The van der Waals surface area contributed by atoms with E-state index in [2.05, 4.69) is 55.0 Å². The number of unbranched alkanes of at least 4 members (excludes halogenated alkanes) is 10. The molecule has 0 amide bonds. The molecule has 0 atom stereocenters. The smallest absolute Gasteiger partial charge is 0.159 e. The van der Waals surface area contributed by atoms with Crippen molar-refractivity contribution >= 4 is 0 Å². The molecule has 0 unspecified atom stereocenters. The van der Waals surface area contributed by atoms with E-state index in [1.54, 1.807) is 0 Å². The summed E-state index contributed by atoms with van der Waals surface area (Å²) in [7, 11) is 0. The molecule has 0 saturated carbocycles. The monoisotopic (exact) mass is 422 g/mol. The molecule has 0 saturated heterocycles. The Morgan fingerprint density at radius 2 is 1.13 bits per heavy atom. The SMILES string of the molecule is CCCCCCCCCCCc1cnc(-c2ccc(CCCCCC(C)C)cc2)nc1. The summed E-state index contributed by atoms with van der Waals surface area (Å²) in [5.41, 5.74) is 3.82. The third-order valence-electron chi connectivity index (χ3n) is 6.23. The minimum Gasteiger partial charge on any atom is -0.236 e. The Kier molecular flexibility index (Phi) is 13.2. The number of hydrogen-bond acceptors (Lipinski definition) is 2. The van der Waals surface area contributed by atoms with Gasteiger partial charge in [0.15, 0.2) is 5.82 Å². The summed E-state index contributed by atoms with van der Waals surface area (Å²) >= 11 is 0. The van der Waals surface area contributed by atoms with Crippen LogP contribution in [0.3, 0.4) is 0 Å². The summed E-state index contributed by atoms with van der Waals surface area (Å²) in [6.45, 7) is 6.90. The number of nitrogens with zero attached hydrogens (tertiary/aromatic N) is 2. The van der Waals surface area contributed by atoms with Crippen molar-refractivity contribution in [3.63, 3.8) is 0 Å². The molecule has 2 rings (SSSR count). The Morgan fingerprint density at radius 3 is 1.71 bits per heavy atom.